The van der Waals surface area contributed by atoms with Crippen molar-refractivity contribution in [3.05, 3.63) is 54.6 Å². The summed E-state index contributed by atoms with van der Waals surface area (Å²) in [7, 11) is 1.66. The summed E-state index contributed by atoms with van der Waals surface area (Å²) in [6.45, 7) is 3.00. The Labute approximate surface area is 161 Å². The number of fused-ring (bicyclic) bond motifs is 3. The van der Waals surface area contributed by atoms with Crippen molar-refractivity contribution in [2.24, 2.45) is 0 Å². The van der Waals surface area contributed by atoms with E-state index in [0.29, 0.717) is 5.69 Å². The molecule has 0 bridgehead atoms. The molecule has 7 heteroatoms. The minimum Gasteiger partial charge on any atom is -0.497 e. The lowest BCUT2D eigenvalue weighted by atomic mass is 10.2. The molecule has 6 nitrogen and oxygen atoms in total. The molecule has 1 N–H and O–H groups in total. The van der Waals surface area contributed by atoms with Gasteiger partial charge in [0.25, 0.3) is 0 Å². The fourth-order valence-electron chi connectivity index (χ4n) is 3.90. The van der Waals surface area contributed by atoms with Crippen LogP contribution in [0.2, 0.25) is 0 Å². The molecule has 142 valence electrons. The molecule has 2 aromatic heterocycles. The lowest BCUT2D eigenvalue weighted by Crippen LogP contribution is -2.47. The Bertz CT molecular complexity index is 1150. The standard InChI is InChI=1S/C21H20FN5O/c1-28-14-6-7-15-17(12-14)25-20-19(15)23-13-24-21(20)27-10-8-26(9-11-27)18-5-3-2-4-16(18)22/h2-7,12-13,25H,8-11H2,1H3. The number of para-hydroxylation sites is 1. The van der Waals surface area contributed by atoms with Crippen LogP contribution in [0.15, 0.2) is 48.8 Å². The van der Waals surface area contributed by atoms with E-state index in [1.165, 1.54) is 6.07 Å². The number of anilines is 2. The van der Waals surface area contributed by atoms with E-state index in [0.717, 1.165) is 59.7 Å². The normalized spacial score (nSPS) is 14.8. The maximum Gasteiger partial charge on any atom is 0.156 e. The lowest BCUT2D eigenvalue weighted by molar-refractivity contribution is 0.415. The molecule has 28 heavy (non-hydrogen) atoms. The van der Waals surface area contributed by atoms with Crippen LogP contribution < -0.4 is 14.5 Å². The molecule has 0 aliphatic carbocycles. The Balaban J connectivity index is 1.46. The van der Waals surface area contributed by atoms with Crippen LogP contribution in [0.3, 0.4) is 0 Å². The Morgan fingerprint density at radius 1 is 1.00 bits per heavy atom. The molecular weight excluding hydrogens is 357 g/mol. The SMILES string of the molecule is COc1ccc2c(c1)[nH]c1c(N3CCN(c4ccccc4F)CC3)ncnc12. The van der Waals surface area contributed by atoms with Crippen molar-refractivity contribution in [3.8, 4) is 5.75 Å². The van der Waals surface area contributed by atoms with Crippen molar-refractivity contribution < 1.29 is 9.13 Å². The first-order chi connectivity index (χ1) is 13.7. The third kappa shape index (κ3) is 2.70. The Morgan fingerprint density at radius 2 is 1.79 bits per heavy atom. The summed E-state index contributed by atoms with van der Waals surface area (Å²) in [6, 6.07) is 12.9. The van der Waals surface area contributed by atoms with E-state index in [-0.39, 0.29) is 5.82 Å². The highest BCUT2D eigenvalue weighted by Gasteiger charge is 2.23. The molecule has 0 amide bonds. The predicted octanol–water partition coefficient (Wildman–Crippen LogP) is 3.59. The number of hydrogen-bond acceptors (Lipinski definition) is 5. The predicted molar refractivity (Wildman–Crippen MR) is 109 cm³/mol. The summed E-state index contributed by atoms with van der Waals surface area (Å²) in [5.41, 5.74) is 3.46. The maximum atomic E-state index is 14.1. The van der Waals surface area contributed by atoms with Crippen LogP contribution in [0.25, 0.3) is 21.9 Å². The van der Waals surface area contributed by atoms with Gasteiger partial charge in [-0.3, -0.25) is 0 Å². The van der Waals surface area contributed by atoms with Crippen molar-refractivity contribution in [1.29, 1.82) is 0 Å². The first-order valence-electron chi connectivity index (χ1n) is 9.29. The van der Waals surface area contributed by atoms with Crippen LogP contribution in [-0.4, -0.2) is 48.2 Å². The van der Waals surface area contributed by atoms with Gasteiger partial charge in [-0.1, -0.05) is 12.1 Å². The molecule has 0 spiro atoms. The van der Waals surface area contributed by atoms with E-state index < -0.39 is 0 Å². The number of nitrogens with zero attached hydrogens (tertiary/aromatic N) is 4. The van der Waals surface area contributed by atoms with Crippen LogP contribution in [0.5, 0.6) is 5.75 Å². The van der Waals surface area contributed by atoms with Gasteiger partial charge in [0.2, 0.25) is 0 Å². The second-order valence-corrected chi connectivity index (χ2v) is 6.88. The molecule has 0 saturated carbocycles. The zero-order chi connectivity index (χ0) is 19.1. The average molecular weight is 377 g/mol. The minimum atomic E-state index is -0.176. The quantitative estimate of drug-likeness (QED) is 0.591. The second kappa shape index (κ2) is 6.67. The highest BCUT2D eigenvalue weighted by molar-refractivity contribution is 6.08. The molecule has 1 aliphatic rings. The van der Waals surface area contributed by atoms with Gasteiger partial charge in [-0.15, -0.1) is 0 Å². The topological polar surface area (TPSA) is 57.3 Å². The zero-order valence-electron chi connectivity index (χ0n) is 15.5. The van der Waals surface area contributed by atoms with Crippen molar-refractivity contribution in [1.82, 2.24) is 15.0 Å². The number of halogens is 1. The number of nitrogens with one attached hydrogen (secondary N) is 1. The lowest BCUT2D eigenvalue weighted by Gasteiger charge is -2.36. The van der Waals surface area contributed by atoms with Crippen LogP contribution in [0, 0.1) is 5.82 Å². The number of ether oxygens (including phenoxy) is 1. The van der Waals surface area contributed by atoms with E-state index in [1.54, 1.807) is 19.5 Å². The third-order valence-corrected chi connectivity index (χ3v) is 5.34. The number of hydrogen-bond donors (Lipinski definition) is 1. The molecule has 1 saturated heterocycles. The van der Waals surface area contributed by atoms with Crippen LogP contribution in [0.4, 0.5) is 15.9 Å². The molecular formula is C21H20FN5O. The molecule has 5 rings (SSSR count). The van der Waals surface area contributed by atoms with Gasteiger partial charge < -0.3 is 19.5 Å². The minimum absolute atomic E-state index is 0.176. The summed E-state index contributed by atoms with van der Waals surface area (Å²) in [5, 5.41) is 1.05. The van der Waals surface area contributed by atoms with E-state index in [1.807, 2.05) is 30.3 Å². The largest absolute Gasteiger partial charge is 0.497 e. The third-order valence-electron chi connectivity index (χ3n) is 5.34. The molecule has 0 unspecified atom stereocenters. The number of aromatic nitrogens is 3. The molecule has 0 atom stereocenters. The molecule has 4 aromatic rings. The summed E-state index contributed by atoms with van der Waals surface area (Å²) in [6.07, 6.45) is 1.61. The number of aromatic amines is 1. The summed E-state index contributed by atoms with van der Waals surface area (Å²) < 4.78 is 19.4. The fourth-order valence-corrected chi connectivity index (χ4v) is 3.90. The van der Waals surface area contributed by atoms with E-state index >= 15 is 0 Å². The summed E-state index contributed by atoms with van der Waals surface area (Å²) >= 11 is 0. The number of methoxy groups -OCH3 is 1. The number of rotatable bonds is 3. The van der Waals surface area contributed by atoms with Gasteiger partial charge in [-0.05, 0) is 24.3 Å². The van der Waals surface area contributed by atoms with Gasteiger partial charge in [0.15, 0.2) is 5.82 Å². The smallest absolute Gasteiger partial charge is 0.156 e. The molecule has 0 radical (unpaired) electrons. The Hall–Kier alpha value is -3.35. The van der Waals surface area contributed by atoms with Crippen LogP contribution >= 0.6 is 0 Å². The summed E-state index contributed by atoms with van der Waals surface area (Å²) in [4.78, 5) is 16.8. The monoisotopic (exact) mass is 377 g/mol. The Kier molecular flexibility index (Phi) is 4.00. The molecule has 1 aliphatic heterocycles. The van der Waals surface area contributed by atoms with Crippen molar-refractivity contribution in [3.63, 3.8) is 0 Å². The zero-order valence-corrected chi connectivity index (χ0v) is 15.5. The van der Waals surface area contributed by atoms with Crippen molar-refractivity contribution in [2.45, 2.75) is 0 Å². The molecule has 2 aromatic carbocycles. The van der Waals surface area contributed by atoms with Crippen LogP contribution in [-0.2, 0) is 0 Å². The highest BCUT2D eigenvalue weighted by atomic mass is 19.1. The van der Waals surface area contributed by atoms with Gasteiger partial charge >= 0.3 is 0 Å². The van der Waals surface area contributed by atoms with Crippen LogP contribution in [0.1, 0.15) is 0 Å². The van der Waals surface area contributed by atoms with E-state index in [2.05, 4.69) is 24.8 Å². The highest BCUT2D eigenvalue weighted by Crippen LogP contribution is 2.32. The molecule has 3 heterocycles. The number of H-pyrrole nitrogens is 1. The fraction of sp³-hybridized carbons (Fsp3) is 0.238. The second-order valence-electron chi connectivity index (χ2n) is 6.88. The van der Waals surface area contributed by atoms with E-state index in [4.69, 9.17) is 4.74 Å². The van der Waals surface area contributed by atoms with Gasteiger partial charge in [0.05, 0.1) is 18.3 Å². The maximum absolute atomic E-state index is 14.1. The number of benzene rings is 2. The average Bonchev–Trinajstić information content (AvgIpc) is 3.12. The van der Waals surface area contributed by atoms with Gasteiger partial charge in [0.1, 0.15) is 28.9 Å². The van der Waals surface area contributed by atoms with E-state index in [9.17, 15) is 4.39 Å². The molecule has 1 fully saturated rings. The van der Waals surface area contributed by atoms with Gasteiger partial charge in [-0.25, -0.2) is 14.4 Å². The van der Waals surface area contributed by atoms with Crippen molar-refractivity contribution >= 4 is 33.4 Å². The number of piperazine rings is 1. The van der Waals surface area contributed by atoms with Gasteiger partial charge in [0, 0.05) is 37.6 Å². The first kappa shape index (κ1) is 16.8. The Morgan fingerprint density at radius 3 is 2.57 bits per heavy atom. The first-order valence-corrected chi connectivity index (χ1v) is 9.29. The summed E-state index contributed by atoms with van der Waals surface area (Å²) in [5.74, 6) is 1.50. The van der Waals surface area contributed by atoms with Gasteiger partial charge in [-0.2, -0.15) is 0 Å². The van der Waals surface area contributed by atoms with Crippen molar-refractivity contribution in [2.75, 3.05) is 43.1 Å².